The Balaban J connectivity index is 2.48. The van der Waals surface area contributed by atoms with Crippen molar-refractivity contribution in [2.45, 2.75) is 13.0 Å². The molecule has 2 aromatic rings. The highest BCUT2D eigenvalue weighted by Gasteiger charge is 2.13. The van der Waals surface area contributed by atoms with Crippen LogP contribution in [0.15, 0.2) is 16.6 Å². The smallest absolute Gasteiger partial charge is 0.139 e. The summed E-state index contributed by atoms with van der Waals surface area (Å²) in [6.07, 6.45) is 0.683. The van der Waals surface area contributed by atoms with E-state index >= 15 is 0 Å². The van der Waals surface area contributed by atoms with Crippen LogP contribution in [0.1, 0.15) is 5.82 Å². The average molecular weight is 349 g/mol. The Morgan fingerprint density at radius 3 is 2.79 bits per heavy atom. The van der Waals surface area contributed by atoms with Gasteiger partial charge in [-0.1, -0.05) is 0 Å². The molecule has 0 aliphatic carbocycles. The summed E-state index contributed by atoms with van der Waals surface area (Å²) in [7, 11) is 4.05. The Morgan fingerprint density at radius 2 is 2.16 bits per heavy atom. The number of fused-ring (bicyclic) bond motifs is 1. The molecule has 19 heavy (non-hydrogen) atoms. The van der Waals surface area contributed by atoms with Gasteiger partial charge in [-0.15, -0.1) is 11.6 Å². The molecule has 0 radical (unpaired) electrons. The van der Waals surface area contributed by atoms with Gasteiger partial charge in [0, 0.05) is 31.5 Å². The molecule has 6 heteroatoms. The summed E-state index contributed by atoms with van der Waals surface area (Å²) in [4.78, 5) is 6.59. The molecule has 0 aliphatic heterocycles. The molecule has 3 nitrogen and oxygen atoms in total. The van der Waals surface area contributed by atoms with E-state index < -0.39 is 0 Å². The molecule has 2 rings (SSSR count). The van der Waals surface area contributed by atoms with E-state index in [9.17, 15) is 4.39 Å². The number of benzene rings is 1. The Hall–Kier alpha value is -0.650. The molecule has 0 saturated carbocycles. The average Bonchev–Trinajstić information content (AvgIpc) is 2.65. The van der Waals surface area contributed by atoms with E-state index in [4.69, 9.17) is 11.6 Å². The zero-order valence-electron chi connectivity index (χ0n) is 11.0. The van der Waals surface area contributed by atoms with Crippen molar-refractivity contribution in [3.8, 4) is 0 Å². The van der Waals surface area contributed by atoms with Gasteiger partial charge in [0.25, 0.3) is 0 Å². The fraction of sp³-hybridized carbons (Fsp3) is 0.462. The van der Waals surface area contributed by atoms with Gasteiger partial charge >= 0.3 is 0 Å². The second kappa shape index (κ2) is 6.20. The largest absolute Gasteiger partial charge is 0.327 e. The van der Waals surface area contributed by atoms with Crippen molar-refractivity contribution in [1.29, 1.82) is 0 Å². The van der Waals surface area contributed by atoms with Crippen molar-refractivity contribution in [2.75, 3.05) is 26.5 Å². The van der Waals surface area contributed by atoms with Crippen molar-refractivity contribution in [2.24, 2.45) is 0 Å². The van der Waals surface area contributed by atoms with Crippen molar-refractivity contribution in [3.63, 3.8) is 0 Å². The van der Waals surface area contributed by atoms with Crippen LogP contribution in [0.25, 0.3) is 11.0 Å². The van der Waals surface area contributed by atoms with E-state index in [1.54, 1.807) is 6.07 Å². The lowest BCUT2D eigenvalue weighted by Gasteiger charge is -2.13. The number of nitrogens with zero attached hydrogens (tertiary/aromatic N) is 3. The molecule has 0 unspecified atom stereocenters. The van der Waals surface area contributed by atoms with Crippen molar-refractivity contribution >= 4 is 38.6 Å². The van der Waals surface area contributed by atoms with Crippen molar-refractivity contribution in [1.82, 2.24) is 14.5 Å². The van der Waals surface area contributed by atoms with E-state index in [0.717, 1.165) is 24.4 Å². The lowest BCUT2D eigenvalue weighted by atomic mass is 10.3. The van der Waals surface area contributed by atoms with E-state index in [0.29, 0.717) is 22.3 Å². The summed E-state index contributed by atoms with van der Waals surface area (Å²) in [5, 5.41) is 0. The quantitative estimate of drug-likeness (QED) is 0.773. The van der Waals surface area contributed by atoms with E-state index in [1.165, 1.54) is 6.07 Å². The SMILES string of the molecule is CN(C)CCn1c(CCCl)nc2cc(F)c(Br)cc21. The van der Waals surface area contributed by atoms with Gasteiger partial charge < -0.3 is 9.47 Å². The Kier molecular flexibility index (Phi) is 4.81. The second-order valence-corrected chi connectivity index (χ2v) is 5.91. The summed E-state index contributed by atoms with van der Waals surface area (Å²) in [6, 6.07) is 3.24. The molecular weight excluding hydrogens is 333 g/mol. The minimum absolute atomic E-state index is 0.290. The fourth-order valence-electron chi connectivity index (χ4n) is 1.99. The number of aromatic nitrogens is 2. The first-order valence-corrected chi connectivity index (χ1v) is 7.40. The summed E-state index contributed by atoms with van der Waals surface area (Å²) in [6.45, 7) is 1.71. The lowest BCUT2D eigenvalue weighted by molar-refractivity contribution is 0.383. The highest BCUT2D eigenvalue weighted by molar-refractivity contribution is 9.10. The van der Waals surface area contributed by atoms with Crippen LogP contribution in [-0.4, -0.2) is 41.0 Å². The predicted molar refractivity (Wildman–Crippen MR) is 80.4 cm³/mol. The molecule has 0 aliphatic rings. The van der Waals surface area contributed by atoms with Crippen molar-refractivity contribution in [3.05, 3.63) is 28.2 Å². The van der Waals surface area contributed by atoms with E-state index in [-0.39, 0.29) is 5.82 Å². The van der Waals surface area contributed by atoms with Crippen LogP contribution in [0.3, 0.4) is 0 Å². The van der Waals surface area contributed by atoms with Gasteiger partial charge in [0.1, 0.15) is 11.6 Å². The first-order chi connectivity index (χ1) is 9.02. The maximum Gasteiger partial charge on any atom is 0.139 e. The number of likely N-dealkylation sites (N-methyl/N-ethyl adjacent to an activating group) is 1. The van der Waals surface area contributed by atoms with E-state index in [2.05, 4.69) is 30.4 Å². The highest BCUT2D eigenvalue weighted by Crippen LogP contribution is 2.24. The summed E-state index contributed by atoms with van der Waals surface area (Å²) >= 11 is 9.04. The van der Waals surface area contributed by atoms with Crippen LogP contribution in [0.2, 0.25) is 0 Å². The molecule has 0 bridgehead atoms. The Bertz CT molecular complexity index is 583. The summed E-state index contributed by atoms with van der Waals surface area (Å²) < 4.78 is 16.1. The van der Waals surface area contributed by atoms with Gasteiger partial charge in [0.2, 0.25) is 0 Å². The molecule has 1 aromatic heterocycles. The Morgan fingerprint density at radius 1 is 1.42 bits per heavy atom. The molecule has 0 fully saturated rings. The summed E-state index contributed by atoms with van der Waals surface area (Å²) in [5.74, 6) is 1.13. The van der Waals surface area contributed by atoms with Gasteiger partial charge in [0.05, 0.1) is 15.5 Å². The normalized spacial score (nSPS) is 11.7. The van der Waals surface area contributed by atoms with Gasteiger partial charge in [-0.05, 0) is 36.1 Å². The highest BCUT2D eigenvalue weighted by atomic mass is 79.9. The minimum Gasteiger partial charge on any atom is -0.327 e. The maximum absolute atomic E-state index is 13.6. The number of halogens is 3. The molecule has 0 spiro atoms. The minimum atomic E-state index is -0.290. The number of imidazole rings is 1. The lowest BCUT2D eigenvalue weighted by Crippen LogP contribution is -2.19. The van der Waals surface area contributed by atoms with Crippen LogP contribution in [0.4, 0.5) is 4.39 Å². The zero-order chi connectivity index (χ0) is 14.0. The maximum atomic E-state index is 13.6. The topological polar surface area (TPSA) is 21.1 Å². The molecule has 0 saturated heterocycles. The van der Waals surface area contributed by atoms with Crippen LogP contribution < -0.4 is 0 Å². The zero-order valence-corrected chi connectivity index (χ0v) is 13.3. The van der Waals surface area contributed by atoms with Crippen LogP contribution >= 0.6 is 27.5 Å². The van der Waals surface area contributed by atoms with Gasteiger partial charge in [-0.25, -0.2) is 9.37 Å². The van der Waals surface area contributed by atoms with Gasteiger partial charge in [-0.2, -0.15) is 0 Å². The van der Waals surface area contributed by atoms with E-state index in [1.807, 2.05) is 14.1 Å². The van der Waals surface area contributed by atoms with Gasteiger partial charge in [0.15, 0.2) is 0 Å². The number of hydrogen-bond acceptors (Lipinski definition) is 2. The third kappa shape index (κ3) is 3.27. The number of rotatable bonds is 5. The molecular formula is C13H16BrClFN3. The number of hydrogen-bond donors (Lipinski definition) is 0. The molecule has 1 heterocycles. The number of alkyl halides is 1. The molecule has 0 amide bonds. The monoisotopic (exact) mass is 347 g/mol. The number of aryl methyl sites for hydroxylation is 1. The van der Waals surface area contributed by atoms with Crippen LogP contribution in [0.5, 0.6) is 0 Å². The molecule has 0 atom stereocenters. The summed E-state index contributed by atoms with van der Waals surface area (Å²) in [5.41, 5.74) is 1.62. The molecule has 0 N–H and O–H groups in total. The fourth-order valence-corrected chi connectivity index (χ4v) is 2.50. The van der Waals surface area contributed by atoms with Crippen LogP contribution in [-0.2, 0) is 13.0 Å². The van der Waals surface area contributed by atoms with Gasteiger partial charge in [-0.3, -0.25) is 0 Å². The van der Waals surface area contributed by atoms with Crippen molar-refractivity contribution < 1.29 is 4.39 Å². The first-order valence-electron chi connectivity index (χ1n) is 6.07. The second-order valence-electron chi connectivity index (χ2n) is 4.68. The Labute approximate surface area is 125 Å². The third-order valence-electron chi connectivity index (χ3n) is 2.96. The standard InChI is InChI=1S/C13H16BrClFN3/c1-18(2)5-6-19-12-7-9(14)10(16)8-11(12)17-13(19)3-4-15/h7-8H,3-6H2,1-2H3. The first kappa shape index (κ1) is 14.8. The molecule has 1 aromatic carbocycles. The third-order valence-corrected chi connectivity index (χ3v) is 3.75. The molecule has 104 valence electrons. The van der Waals surface area contributed by atoms with Crippen LogP contribution in [0, 0.1) is 5.82 Å². The predicted octanol–water partition coefficient (Wildman–Crippen LogP) is 3.28.